The van der Waals surface area contributed by atoms with E-state index in [4.69, 9.17) is 0 Å². The van der Waals surface area contributed by atoms with Crippen LogP contribution in [0, 0.1) is 0 Å². The summed E-state index contributed by atoms with van der Waals surface area (Å²) < 4.78 is 1.93. The second-order valence-electron chi connectivity index (χ2n) is 3.11. The van der Waals surface area contributed by atoms with Gasteiger partial charge in [0.2, 0.25) is 0 Å². The summed E-state index contributed by atoms with van der Waals surface area (Å²) in [6.07, 6.45) is 5.85. The first-order chi connectivity index (χ1) is 6.26. The lowest BCUT2D eigenvalue weighted by Gasteiger charge is -2.06. The molecule has 0 aliphatic carbocycles. The molecule has 1 atom stereocenters. The summed E-state index contributed by atoms with van der Waals surface area (Å²) in [5, 5.41) is 7.50. The molecule has 0 aromatic carbocycles. The molecule has 1 unspecified atom stereocenters. The second-order valence-corrected chi connectivity index (χ2v) is 3.11. The molecular weight excluding hydrogens is 162 g/mol. The molecule has 1 rings (SSSR count). The maximum atomic E-state index is 4.19. The van der Waals surface area contributed by atoms with Crippen LogP contribution in [0.15, 0.2) is 25.0 Å². The number of aromatic nitrogens is 2. The van der Waals surface area contributed by atoms with E-state index in [1.807, 2.05) is 17.0 Å². The van der Waals surface area contributed by atoms with E-state index in [0.717, 1.165) is 13.1 Å². The zero-order valence-corrected chi connectivity index (χ0v) is 8.33. The van der Waals surface area contributed by atoms with Crippen LogP contribution in [0.2, 0.25) is 0 Å². The molecule has 72 valence electrons. The third-order valence-corrected chi connectivity index (χ3v) is 1.99. The molecule has 3 nitrogen and oxygen atoms in total. The maximum absolute atomic E-state index is 4.19. The Morgan fingerprint density at radius 2 is 2.54 bits per heavy atom. The summed E-state index contributed by atoms with van der Waals surface area (Å²) in [6.45, 7) is 9.65. The molecule has 3 heteroatoms. The van der Waals surface area contributed by atoms with Gasteiger partial charge in [0.25, 0.3) is 0 Å². The normalized spacial score (nSPS) is 12.8. The molecule has 0 saturated heterocycles. The Morgan fingerprint density at radius 3 is 3.08 bits per heavy atom. The standard InChI is InChI=1S/C10H17N3/c1-4-9(3)11-6-10-7-12-13(5-2)8-10/h4,7-9,11H,1,5-6H2,2-3H3. The third-order valence-electron chi connectivity index (χ3n) is 1.99. The van der Waals surface area contributed by atoms with Gasteiger partial charge in [-0.3, -0.25) is 4.68 Å². The van der Waals surface area contributed by atoms with Gasteiger partial charge in [0, 0.05) is 30.9 Å². The van der Waals surface area contributed by atoms with E-state index in [1.54, 1.807) is 0 Å². The second kappa shape index (κ2) is 4.82. The van der Waals surface area contributed by atoms with Crippen LogP contribution in [-0.4, -0.2) is 15.8 Å². The fourth-order valence-electron chi connectivity index (χ4n) is 1.03. The molecule has 0 aliphatic heterocycles. The zero-order chi connectivity index (χ0) is 9.68. The molecule has 0 radical (unpaired) electrons. The van der Waals surface area contributed by atoms with Crippen LogP contribution in [0.4, 0.5) is 0 Å². The lowest BCUT2D eigenvalue weighted by Crippen LogP contribution is -2.22. The molecule has 0 saturated carbocycles. The predicted molar refractivity (Wildman–Crippen MR) is 54.4 cm³/mol. The van der Waals surface area contributed by atoms with Gasteiger partial charge in [-0.2, -0.15) is 5.10 Å². The monoisotopic (exact) mass is 179 g/mol. The van der Waals surface area contributed by atoms with Crippen LogP contribution in [0.1, 0.15) is 19.4 Å². The summed E-state index contributed by atoms with van der Waals surface area (Å²) in [7, 11) is 0. The highest BCUT2D eigenvalue weighted by atomic mass is 15.3. The minimum atomic E-state index is 0.352. The highest BCUT2D eigenvalue weighted by Crippen LogP contribution is 1.97. The number of hydrogen-bond acceptors (Lipinski definition) is 2. The van der Waals surface area contributed by atoms with Gasteiger partial charge >= 0.3 is 0 Å². The fourth-order valence-corrected chi connectivity index (χ4v) is 1.03. The first kappa shape index (κ1) is 9.99. The highest BCUT2D eigenvalue weighted by Gasteiger charge is 1.98. The van der Waals surface area contributed by atoms with Crippen molar-refractivity contribution in [3.05, 3.63) is 30.6 Å². The fraction of sp³-hybridized carbons (Fsp3) is 0.500. The smallest absolute Gasteiger partial charge is 0.0534 e. The molecule has 0 bridgehead atoms. The van der Waals surface area contributed by atoms with Crippen LogP contribution < -0.4 is 5.32 Å². The molecule has 13 heavy (non-hydrogen) atoms. The molecule has 1 heterocycles. The van der Waals surface area contributed by atoms with Crippen molar-refractivity contribution >= 4 is 0 Å². The largest absolute Gasteiger partial charge is 0.307 e. The minimum Gasteiger partial charge on any atom is -0.307 e. The summed E-state index contributed by atoms with van der Waals surface area (Å²) >= 11 is 0. The molecule has 0 fully saturated rings. The summed E-state index contributed by atoms with van der Waals surface area (Å²) in [4.78, 5) is 0. The zero-order valence-electron chi connectivity index (χ0n) is 8.33. The lowest BCUT2D eigenvalue weighted by molar-refractivity contribution is 0.630. The summed E-state index contributed by atoms with van der Waals surface area (Å²) in [5.41, 5.74) is 1.22. The minimum absolute atomic E-state index is 0.352. The predicted octanol–water partition coefficient (Wildman–Crippen LogP) is 1.57. The van der Waals surface area contributed by atoms with Crippen LogP contribution in [-0.2, 0) is 13.1 Å². The van der Waals surface area contributed by atoms with Crippen molar-refractivity contribution in [2.24, 2.45) is 0 Å². The van der Waals surface area contributed by atoms with Gasteiger partial charge in [-0.1, -0.05) is 6.08 Å². The Balaban J connectivity index is 2.40. The van der Waals surface area contributed by atoms with Crippen molar-refractivity contribution in [3.63, 3.8) is 0 Å². The van der Waals surface area contributed by atoms with Crippen LogP contribution in [0.25, 0.3) is 0 Å². The van der Waals surface area contributed by atoms with E-state index in [0.29, 0.717) is 6.04 Å². The van der Waals surface area contributed by atoms with Gasteiger partial charge in [0.05, 0.1) is 6.20 Å². The van der Waals surface area contributed by atoms with E-state index in [9.17, 15) is 0 Å². The van der Waals surface area contributed by atoms with Crippen LogP contribution in [0.3, 0.4) is 0 Å². The molecule has 0 amide bonds. The molecule has 1 aromatic rings. The number of nitrogens with one attached hydrogen (secondary N) is 1. The first-order valence-corrected chi connectivity index (χ1v) is 4.63. The van der Waals surface area contributed by atoms with E-state index >= 15 is 0 Å². The molecule has 1 N–H and O–H groups in total. The highest BCUT2D eigenvalue weighted by molar-refractivity contribution is 5.03. The van der Waals surface area contributed by atoms with E-state index < -0.39 is 0 Å². The van der Waals surface area contributed by atoms with Gasteiger partial charge in [-0.25, -0.2) is 0 Å². The average molecular weight is 179 g/mol. The maximum Gasteiger partial charge on any atom is 0.0534 e. The Kier molecular flexibility index (Phi) is 3.71. The number of hydrogen-bond donors (Lipinski definition) is 1. The van der Waals surface area contributed by atoms with E-state index in [-0.39, 0.29) is 0 Å². The Morgan fingerprint density at radius 1 is 1.77 bits per heavy atom. The van der Waals surface area contributed by atoms with Crippen LogP contribution >= 0.6 is 0 Å². The van der Waals surface area contributed by atoms with Crippen molar-refractivity contribution < 1.29 is 0 Å². The Bertz CT molecular complexity index is 265. The van der Waals surface area contributed by atoms with Crippen molar-refractivity contribution in [1.82, 2.24) is 15.1 Å². The number of rotatable bonds is 5. The lowest BCUT2D eigenvalue weighted by atomic mass is 10.3. The molecule has 1 aromatic heterocycles. The first-order valence-electron chi connectivity index (χ1n) is 4.63. The van der Waals surface area contributed by atoms with Gasteiger partial charge in [0.1, 0.15) is 0 Å². The Labute approximate surface area is 79.5 Å². The molecule has 0 aliphatic rings. The number of nitrogens with zero attached hydrogens (tertiary/aromatic N) is 2. The van der Waals surface area contributed by atoms with E-state index in [1.165, 1.54) is 5.56 Å². The molecular formula is C10H17N3. The quantitative estimate of drug-likeness (QED) is 0.695. The van der Waals surface area contributed by atoms with Crippen molar-refractivity contribution in [1.29, 1.82) is 0 Å². The summed E-state index contributed by atoms with van der Waals surface area (Å²) in [6, 6.07) is 0.352. The topological polar surface area (TPSA) is 29.9 Å². The Hall–Kier alpha value is -1.09. The van der Waals surface area contributed by atoms with Gasteiger partial charge in [0.15, 0.2) is 0 Å². The van der Waals surface area contributed by atoms with Gasteiger partial charge < -0.3 is 5.32 Å². The van der Waals surface area contributed by atoms with Crippen molar-refractivity contribution in [3.8, 4) is 0 Å². The van der Waals surface area contributed by atoms with Crippen LogP contribution in [0.5, 0.6) is 0 Å². The van der Waals surface area contributed by atoms with Crippen molar-refractivity contribution in [2.75, 3.05) is 0 Å². The van der Waals surface area contributed by atoms with E-state index in [2.05, 4.69) is 37.0 Å². The van der Waals surface area contributed by atoms with Crippen molar-refractivity contribution in [2.45, 2.75) is 33.0 Å². The average Bonchev–Trinajstić information content (AvgIpc) is 2.61. The SMILES string of the molecule is C=CC(C)NCc1cnn(CC)c1. The van der Waals surface area contributed by atoms with Gasteiger partial charge in [-0.15, -0.1) is 6.58 Å². The number of aryl methyl sites for hydroxylation is 1. The van der Waals surface area contributed by atoms with Gasteiger partial charge in [-0.05, 0) is 13.8 Å². The molecule has 0 spiro atoms. The summed E-state index contributed by atoms with van der Waals surface area (Å²) in [5.74, 6) is 0. The third kappa shape index (κ3) is 3.03.